The highest BCUT2D eigenvalue weighted by molar-refractivity contribution is 5.93. The van der Waals surface area contributed by atoms with Crippen molar-refractivity contribution in [1.29, 1.82) is 0 Å². The van der Waals surface area contributed by atoms with Crippen molar-refractivity contribution in [3.8, 4) is 5.75 Å². The molecule has 2 rings (SSSR count). The number of fused-ring (bicyclic) bond motifs is 1. The standard InChI is InChI=1S/C15H18N2O3/c1-10(2)17(8-6-14(19)20)15-13-9-12(18)4-3-11(13)5-7-16-15/h3-5,7,9-10,18H,6,8H2,1-2H3,(H,19,20). The minimum absolute atomic E-state index is 0.0507. The summed E-state index contributed by atoms with van der Waals surface area (Å²) < 4.78 is 0. The van der Waals surface area contributed by atoms with Gasteiger partial charge < -0.3 is 15.1 Å². The van der Waals surface area contributed by atoms with Crippen LogP contribution in [0.15, 0.2) is 30.5 Å². The number of phenols is 1. The van der Waals surface area contributed by atoms with Crippen LogP contribution in [0.1, 0.15) is 20.3 Å². The third kappa shape index (κ3) is 2.99. The number of phenolic OH excluding ortho intramolecular Hbond substituents is 1. The van der Waals surface area contributed by atoms with Crippen LogP contribution in [-0.4, -0.2) is 33.8 Å². The fraction of sp³-hybridized carbons (Fsp3) is 0.333. The molecule has 1 heterocycles. The van der Waals surface area contributed by atoms with Gasteiger partial charge in [-0.05, 0) is 37.4 Å². The number of carbonyl (C=O) groups is 1. The summed E-state index contributed by atoms with van der Waals surface area (Å²) in [6, 6.07) is 7.10. The lowest BCUT2D eigenvalue weighted by Gasteiger charge is -2.28. The van der Waals surface area contributed by atoms with Crippen LogP contribution in [0.25, 0.3) is 10.8 Å². The molecule has 2 N–H and O–H groups in total. The van der Waals surface area contributed by atoms with Crippen molar-refractivity contribution in [3.63, 3.8) is 0 Å². The average Bonchev–Trinajstić information content (AvgIpc) is 2.38. The molecule has 5 nitrogen and oxygen atoms in total. The van der Waals surface area contributed by atoms with Crippen LogP contribution in [0.5, 0.6) is 5.75 Å². The second-order valence-electron chi connectivity index (χ2n) is 4.97. The first-order chi connectivity index (χ1) is 9.49. The molecule has 0 bridgehead atoms. The summed E-state index contributed by atoms with van der Waals surface area (Å²) in [5.41, 5.74) is 0. The van der Waals surface area contributed by atoms with E-state index in [1.165, 1.54) is 0 Å². The molecular formula is C15H18N2O3. The Hall–Kier alpha value is -2.30. The van der Waals surface area contributed by atoms with Gasteiger partial charge >= 0.3 is 5.97 Å². The predicted molar refractivity (Wildman–Crippen MR) is 78.1 cm³/mol. The van der Waals surface area contributed by atoms with Crippen LogP contribution < -0.4 is 4.90 Å². The fourth-order valence-corrected chi connectivity index (χ4v) is 2.19. The van der Waals surface area contributed by atoms with Crippen LogP contribution in [-0.2, 0) is 4.79 Å². The molecule has 106 valence electrons. The van der Waals surface area contributed by atoms with E-state index in [0.717, 1.165) is 10.8 Å². The van der Waals surface area contributed by atoms with E-state index in [0.29, 0.717) is 12.4 Å². The van der Waals surface area contributed by atoms with Gasteiger partial charge in [0.15, 0.2) is 0 Å². The summed E-state index contributed by atoms with van der Waals surface area (Å²) in [6.07, 6.45) is 1.75. The molecule has 5 heteroatoms. The Morgan fingerprint density at radius 1 is 1.35 bits per heavy atom. The van der Waals surface area contributed by atoms with E-state index in [9.17, 15) is 9.90 Å². The zero-order valence-electron chi connectivity index (χ0n) is 11.6. The maximum absolute atomic E-state index is 10.8. The van der Waals surface area contributed by atoms with Gasteiger partial charge in [-0.2, -0.15) is 0 Å². The number of carboxylic acids is 1. The molecule has 0 aliphatic carbocycles. The Kier molecular flexibility index (Phi) is 4.08. The Morgan fingerprint density at radius 2 is 2.10 bits per heavy atom. The smallest absolute Gasteiger partial charge is 0.305 e. The number of anilines is 1. The van der Waals surface area contributed by atoms with Crippen molar-refractivity contribution >= 4 is 22.6 Å². The van der Waals surface area contributed by atoms with Crippen LogP contribution in [0.3, 0.4) is 0 Å². The van der Waals surface area contributed by atoms with Gasteiger partial charge in [0.25, 0.3) is 0 Å². The van der Waals surface area contributed by atoms with Crippen LogP contribution >= 0.6 is 0 Å². The number of nitrogens with zero attached hydrogens (tertiary/aromatic N) is 2. The van der Waals surface area contributed by atoms with E-state index < -0.39 is 5.97 Å². The highest BCUT2D eigenvalue weighted by Crippen LogP contribution is 2.28. The SMILES string of the molecule is CC(C)N(CCC(=O)O)c1nccc2ccc(O)cc12. The van der Waals surface area contributed by atoms with Crippen LogP contribution in [0.4, 0.5) is 5.82 Å². The molecule has 0 atom stereocenters. The molecule has 1 aromatic heterocycles. The van der Waals surface area contributed by atoms with Gasteiger partial charge in [0.1, 0.15) is 11.6 Å². The molecule has 0 aliphatic heterocycles. The maximum Gasteiger partial charge on any atom is 0.305 e. The number of aromatic hydroxyl groups is 1. The molecule has 20 heavy (non-hydrogen) atoms. The fourth-order valence-electron chi connectivity index (χ4n) is 2.19. The molecule has 0 saturated heterocycles. The van der Waals surface area contributed by atoms with E-state index in [1.807, 2.05) is 30.9 Å². The van der Waals surface area contributed by atoms with Crippen LogP contribution in [0.2, 0.25) is 0 Å². The van der Waals surface area contributed by atoms with Crippen molar-refractivity contribution in [3.05, 3.63) is 30.5 Å². The molecular weight excluding hydrogens is 256 g/mol. The number of aromatic nitrogens is 1. The lowest BCUT2D eigenvalue weighted by molar-refractivity contribution is -0.136. The molecule has 0 fully saturated rings. The van der Waals surface area contributed by atoms with Gasteiger partial charge in [0.05, 0.1) is 6.42 Å². The number of benzene rings is 1. The topological polar surface area (TPSA) is 73.7 Å². The van der Waals surface area contributed by atoms with E-state index in [-0.39, 0.29) is 18.2 Å². The first-order valence-corrected chi connectivity index (χ1v) is 6.55. The first kappa shape index (κ1) is 14.1. The second-order valence-corrected chi connectivity index (χ2v) is 4.97. The minimum atomic E-state index is -0.835. The van der Waals surface area contributed by atoms with Crippen molar-refractivity contribution < 1.29 is 15.0 Å². The Balaban J connectivity index is 2.47. The number of pyridine rings is 1. The molecule has 2 aromatic rings. The number of hydrogen-bond donors (Lipinski definition) is 2. The minimum Gasteiger partial charge on any atom is -0.508 e. The van der Waals surface area contributed by atoms with E-state index >= 15 is 0 Å². The highest BCUT2D eigenvalue weighted by Gasteiger charge is 2.16. The Morgan fingerprint density at radius 3 is 2.75 bits per heavy atom. The quantitative estimate of drug-likeness (QED) is 0.876. The Labute approximate surface area is 117 Å². The van der Waals surface area contributed by atoms with Gasteiger partial charge in [-0.15, -0.1) is 0 Å². The summed E-state index contributed by atoms with van der Waals surface area (Å²) in [6.45, 7) is 4.37. The summed E-state index contributed by atoms with van der Waals surface area (Å²) in [7, 11) is 0. The summed E-state index contributed by atoms with van der Waals surface area (Å²) in [4.78, 5) is 17.1. The molecule has 0 radical (unpaired) electrons. The lowest BCUT2D eigenvalue weighted by atomic mass is 10.1. The van der Waals surface area contributed by atoms with Gasteiger partial charge in [-0.1, -0.05) is 6.07 Å². The van der Waals surface area contributed by atoms with E-state index in [4.69, 9.17) is 5.11 Å². The predicted octanol–water partition coefficient (Wildman–Crippen LogP) is 2.63. The second kappa shape index (κ2) is 5.77. The third-order valence-electron chi connectivity index (χ3n) is 3.19. The number of rotatable bonds is 5. The molecule has 0 aliphatic rings. The molecule has 0 saturated carbocycles. The molecule has 0 spiro atoms. The van der Waals surface area contributed by atoms with Gasteiger partial charge in [0, 0.05) is 24.2 Å². The van der Waals surface area contributed by atoms with Gasteiger partial charge in [-0.25, -0.2) is 4.98 Å². The van der Waals surface area contributed by atoms with Crippen molar-refractivity contribution in [1.82, 2.24) is 4.98 Å². The number of hydrogen-bond acceptors (Lipinski definition) is 4. The zero-order valence-corrected chi connectivity index (χ0v) is 11.6. The zero-order chi connectivity index (χ0) is 14.7. The first-order valence-electron chi connectivity index (χ1n) is 6.55. The van der Waals surface area contributed by atoms with Crippen molar-refractivity contribution in [2.24, 2.45) is 0 Å². The summed E-state index contributed by atoms with van der Waals surface area (Å²) >= 11 is 0. The normalized spacial score (nSPS) is 10.9. The summed E-state index contributed by atoms with van der Waals surface area (Å²) in [5, 5.41) is 20.3. The van der Waals surface area contributed by atoms with Crippen molar-refractivity contribution in [2.75, 3.05) is 11.4 Å². The third-order valence-corrected chi connectivity index (χ3v) is 3.19. The average molecular weight is 274 g/mol. The maximum atomic E-state index is 10.8. The largest absolute Gasteiger partial charge is 0.508 e. The lowest BCUT2D eigenvalue weighted by Crippen LogP contribution is -2.33. The molecule has 1 aromatic carbocycles. The van der Waals surface area contributed by atoms with Gasteiger partial charge in [-0.3, -0.25) is 4.79 Å². The van der Waals surface area contributed by atoms with E-state index in [1.54, 1.807) is 18.3 Å². The monoisotopic (exact) mass is 274 g/mol. The van der Waals surface area contributed by atoms with E-state index in [2.05, 4.69) is 4.98 Å². The number of aliphatic carboxylic acids is 1. The van der Waals surface area contributed by atoms with Gasteiger partial charge in [0.2, 0.25) is 0 Å². The Bertz CT molecular complexity index is 626. The number of carboxylic acid groups (broad SMARTS) is 1. The van der Waals surface area contributed by atoms with Crippen LogP contribution in [0, 0.1) is 0 Å². The molecule has 0 unspecified atom stereocenters. The highest BCUT2D eigenvalue weighted by atomic mass is 16.4. The summed E-state index contributed by atoms with van der Waals surface area (Å²) in [5.74, 6) is 0.0436. The molecule has 0 amide bonds. The van der Waals surface area contributed by atoms with Crippen molar-refractivity contribution in [2.45, 2.75) is 26.3 Å².